The molecule has 20 heavy (non-hydrogen) atoms. The third kappa shape index (κ3) is 2.62. The van der Waals surface area contributed by atoms with Crippen molar-refractivity contribution < 1.29 is 4.39 Å². The van der Waals surface area contributed by atoms with Gasteiger partial charge in [-0.1, -0.05) is 41.4 Å². The van der Waals surface area contributed by atoms with Crippen molar-refractivity contribution in [3.8, 4) is 0 Å². The Morgan fingerprint density at radius 2 is 1.90 bits per heavy atom. The van der Waals surface area contributed by atoms with E-state index >= 15 is 0 Å². The van der Waals surface area contributed by atoms with Crippen molar-refractivity contribution in [2.45, 2.75) is 6.54 Å². The van der Waals surface area contributed by atoms with Crippen LogP contribution in [0.25, 0.3) is 10.1 Å². The molecule has 0 saturated carbocycles. The molecule has 0 aliphatic rings. The average Bonchev–Trinajstić information content (AvgIpc) is 2.75. The maximum absolute atomic E-state index is 13.0. The molecule has 0 fully saturated rings. The Kier molecular flexibility index (Phi) is 3.83. The Balaban J connectivity index is 1.85. The summed E-state index contributed by atoms with van der Waals surface area (Å²) in [5, 5.41) is 5.37. The van der Waals surface area contributed by atoms with Crippen molar-refractivity contribution >= 4 is 50.3 Å². The van der Waals surface area contributed by atoms with Crippen LogP contribution in [0.5, 0.6) is 0 Å². The van der Waals surface area contributed by atoms with Gasteiger partial charge in [-0.2, -0.15) is 0 Å². The molecule has 0 atom stereocenters. The van der Waals surface area contributed by atoms with Gasteiger partial charge in [-0.05, 0) is 24.3 Å². The van der Waals surface area contributed by atoms with Gasteiger partial charge in [0.2, 0.25) is 0 Å². The molecule has 0 radical (unpaired) electrons. The van der Waals surface area contributed by atoms with Crippen LogP contribution in [0.2, 0.25) is 10.0 Å². The molecule has 102 valence electrons. The van der Waals surface area contributed by atoms with E-state index in [4.69, 9.17) is 23.2 Å². The van der Waals surface area contributed by atoms with E-state index in [1.54, 1.807) is 17.4 Å². The van der Waals surface area contributed by atoms with E-state index in [1.165, 1.54) is 12.1 Å². The van der Waals surface area contributed by atoms with Crippen molar-refractivity contribution in [2.75, 3.05) is 5.32 Å². The van der Waals surface area contributed by atoms with E-state index in [0.717, 1.165) is 20.0 Å². The standard InChI is InChI=1S/C15H10Cl2FNS/c16-11-7-9(18)5-6-12(11)19-8-14-15(17)10-3-1-2-4-13(10)20-14/h1-7,19H,8H2. The lowest BCUT2D eigenvalue weighted by Gasteiger charge is -2.07. The number of anilines is 1. The van der Waals surface area contributed by atoms with Crippen LogP contribution in [-0.4, -0.2) is 0 Å². The van der Waals surface area contributed by atoms with Crippen LogP contribution in [0.3, 0.4) is 0 Å². The second kappa shape index (κ2) is 5.60. The summed E-state index contributed by atoms with van der Waals surface area (Å²) in [6, 6.07) is 12.3. The SMILES string of the molecule is Fc1ccc(NCc2sc3ccccc3c2Cl)c(Cl)c1. The van der Waals surface area contributed by atoms with E-state index < -0.39 is 0 Å². The van der Waals surface area contributed by atoms with Gasteiger partial charge < -0.3 is 5.32 Å². The molecular weight excluding hydrogens is 316 g/mol. The van der Waals surface area contributed by atoms with Gasteiger partial charge in [-0.3, -0.25) is 0 Å². The fraction of sp³-hybridized carbons (Fsp3) is 0.0667. The summed E-state index contributed by atoms with van der Waals surface area (Å²) in [6.07, 6.45) is 0. The van der Waals surface area contributed by atoms with Crippen molar-refractivity contribution in [2.24, 2.45) is 0 Å². The van der Waals surface area contributed by atoms with Gasteiger partial charge in [-0.25, -0.2) is 4.39 Å². The Morgan fingerprint density at radius 3 is 2.65 bits per heavy atom. The fourth-order valence-electron chi connectivity index (χ4n) is 1.99. The van der Waals surface area contributed by atoms with Crippen LogP contribution in [0.1, 0.15) is 4.88 Å². The molecule has 0 aliphatic carbocycles. The molecule has 0 bridgehead atoms. The number of thiophene rings is 1. The van der Waals surface area contributed by atoms with Crippen LogP contribution < -0.4 is 5.32 Å². The molecule has 0 spiro atoms. The van der Waals surface area contributed by atoms with Gasteiger partial charge in [0, 0.05) is 15.0 Å². The molecule has 1 aromatic heterocycles. The van der Waals surface area contributed by atoms with Crippen molar-refractivity contribution in [3.63, 3.8) is 0 Å². The minimum atomic E-state index is -0.347. The van der Waals surface area contributed by atoms with E-state index in [9.17, 15) is 4.39 Å². The smallest absolute Gasteiger partial charge is 0.124 e. The van der Waals surface area contributed by atoms with Crippen molar-refractivity contribution in [1.82, 2.24) is 0 Å². The molecule has 3 rings (SSSR count). The minimum Gasteiger partial charge on any atom is -0.379 e. The number of fused-ring (bicyclic) bond motifs is 1. The highest BCUT2D eigenvalue weighted by molar-refractivity contribution is 7.19. The summed E-state index contributed by atoms with van der Waals surface area (Å²) in [7, 11) is 0. The minimum absolute atomic E-state index is 0.347. The Hall–Kier alpha value is -1.29. The number of benzene rings is 2. The monoisotopic (exact) mass is 325 g/mol. The zero-order valence-corrected chi connectivity index (χ0v) is 12.6. The van der Waals surface area contributed by atoms with E-state index in [1.807, 2.05) is 24.3 Å². The van der Waals surface area contributed by atoms with Crippen LogP contribution >= 0.6 is 34.5 Å². The predicted octanol–water partition coefficient (Wildman–Crippen LogP) is 5.96. The number of hydrogen-bond acceptors (Lipinski definition) is 2. The molecule has 1 heterocycles. The van der Waals surface area contributed by atoms with Crippen molar-refractivity contribution in [1.29, 1.82) is 0 Å². The second-order valence-electron chi connectivity index (χ2n) is 4.31. The molecule has 2 aromatic carbocycles. The first-order valence-electron chi connectivity index (χ1n) is 6.00. The summed E-state index contributed by atoms with van der Waals surface area (Å²) in [5.41, 5.74) is 0.696. The maximum atomic E-state index is 13.0. The summed E-state index contributed by atoms with van der Waals surface area (Å²) in [5.74, 6) is -0.347. The second-order valence-corrected chi connectivity index (χ2v) is 6.24. The maximum Gasteiger partial charge on any atom is 0.124 e. The Labute approximate surface area is 129 Å². The molecule has 0 aliphatic heterocycles. The number of nitrogens with one attached hydrogen (secondary N) is 1. The Bertz CT molecular complexity index is 770. The highest BCUT2D eigenvalue weighted by Crippen LogP contribution is 2.35. The van der Waals surface area contributed by atoms with Gasteiger partial charge in [0.1, 0.15) is 5.82 Å². The lowest BCUT2D eigenvalue weighted by atomic mass is 10.2. The summed E-state index contributed by atoms with van der Waals surface area (Å²) >= 11 is 14.0. The number of halogens is 3. The Morgan fingerprint density at radius 1 is 1.10 bits per heavy atom. The van der Waals surface area contributed by atoms with Gasteiger partial charge >= 0.3 is 0 Å². The lowest BCUT2D eigenvalue weighted by molar-refractivity contribution is 0.628. The van der Waals surface area contributed by atoms with Crippen LogP contribution in [0.4, 0.5) is 10.1 Å². The first-order valence-corrected chi connectivity index (χ1v) is 7.57. The van der Waals surface area contributed by atoms with Crippen LogP contribution in [-0.2, 0) is 6.54 Å². The molecule has 1 nitrogen and oxygen atoms in total. The number of hydrogen-bond donors (Lipinski definition) is 1. The van der Waals surface area contributed by atoms with E-state index in [-0.39, 0.29) is 5.82 Å². The van der Waals surface area contributed by atoms with Gasteiger partial charge in [-0.15, -0.1) is 11.3 Å². The fourth-order valence-corrected chi connectivity index (χ4v) is 3.66. The summed E-state index contributed by atoms with van der Waals surface area (Å²) in [4.78, 5) is 1.04. The van der Waals surface area contributed by atoms with Crippen LogP contribution in [0.15, 0.2) is 42.5 Å². The number of rotatable bonds is 3. The molecule has 5 heteroatoms. The highest BCUT2D eigenvalue weighted by atomic mass is 35.5. The van der Waals surface area contributed by atoms with E-state index in [0.29, 0.717) is 17.3 Å². The normalized spacial score (nSPS) is 10.9. The van der Waals surface area contributed by atoms with E-state index in [2.05, 4.69) is 5.32 Å². The quantitative estimate of drug-likeness (QED) is 0.626. The van der Waals surface area contributed by atoms with Gasteiger partial charge in [0.05, 0.1) is 22.3 Å². The largest absolute Gasteiger partial charge is 0.379 e. The zero-order chi connectivity index (χ0) is 14.1. The third-order valence-electron chi connectivity index (χ3n) is 2.97. The topological polar surface area (TPSA) is 12.0 Å². The van der Waals surface area contributed by atoms with Gasteiger partial charge in [0.15, 0.2) is 0 Å². The third-order valence-corrected chi connectivity index (χ3v) is 5.00. The molecule has 3 aromatic rings. The first kappa shape index (κ1) is 13.7. The summed E-state index contributed by atoms with van der Waals surface area (Å²) < 4.78 is 14.1. The van der Waals surface area contributed by atoms with Gasteiger partial charge in [0.25, 0.3) is 0 Å². The molecule has 1 N–H and O–H groups in total. The summed E-state index contributed by atoms with van der Waals surface area (Å²) in [6.45, 7) is 0.559. The average molecular weight is 326 g/mol. The zero-order valence-electron chi connectivity index (χ0n) is 10.3. The van der Waals surface area contributed by atoms with Crippen molar-refractivity contribution in [3.05, 3.63) is 63.2 Å². The molecular formula is C15H10Cl2FNS. The first-order chi connectivity index (χ1) is 9.65. The predicted molar refractivity (Wildman–Crippen MR) is 85.6 cm³/mol. The lowest BCUT2D eigenvalue weighted by Crippen LogP contribution is -1.98. The highest BCUT2D eigenvalue weighted by Gasteiger charge is 2.10. The molecule has 0 amide bonds. The molecule has 0 unspecified atom stereocenters. The van der Waals surface area contributed by atoms with Crippen LogP contribution in [0, 0.1) is 5.82 Å². The molecule has 0 saturated heterocycles.